The van der Waals surface area contributed by atoms with Crippen molar-refractivity contribution in [3.05, 3.63) is 35.4 Å². The molecule has 0 aliphatic rings. The molecule has 0 fully saturated rings. The number of hydrogen-bond donors (Lipinski definition) is 2. The fourth-order valence-corrected chi connectivity index (χ4v) is 2.58. The molecule has 1 amide bonds. The fraction of sp³-hybridized carbons (Fsp3) is 0.556. The average molecular weight is 532 g/mol. The molecule has 0 saturated carbocycles. The van der Waals surface area contributed by atoms with Crippen LogP contribution in [0, 0.1) is 0 Å². The lowest BCUT2D eigenvalue weighted by molar-refractivity contribution is -0.137. The van der Waals surface area contributed by atoms with E-state index in [-0.39, 0.29) is 43.0 Å². The average Bonchev–Trinajstić information content (AvgIpc) is 2.62. The summed E-state index contributed by atoms with van der Waals surface area (Å²) in [7, 11) is 3.30. The van der Waals surface area contributed by atoms with E-state index in [4.69, 9.17) is 0 Å². The molecule has 0 bridgehead atoms. The van der Waals surface area contributed by atoms with Crippen molar-refractivity contribution in [2.45, 2.75) is 25.6 Å². The number of benzene rings is 1. The molecule has 0 aliphatic heterocycles. The Kier molecular flexibility index (Phi) is 13.3. The Labute approximate surface area is 185 Å². The molecule has 0 unspecified atom stereocenters. The van der Waals surface area contributed by atoms with Crippen LogP contribution in [0.1, 0.15) is 24.0 Å². The molecule has 2 N–H and O–H groups in total. The van der Waals surface area contributed by atoms with Gasteiger partial charge in [-0.05, 0) is 42.5 Å². The summed E-state index contributed by atoms with van der Waals surface area (Å²) in [6.45, 7) is 0.817. The molecular formula is C18H28F3IN4OS. The molecule has 0 spiro atoms. The number of nitrogens with zero attached hydrogens (tertiary/aromatic N) is 2. The Morgan fingerprint density at radius 1 is 1.21 bits per heavy atom. The summed E-state index contributed by atoms with van der Waals surface area (Å²) in [5.74, 6) is 1.35. The van der Waals surface area contributed by atoms with Crippen LogP contribution in [-0.4, -0.2) is 56.0 Å². The first-order chi connectivity index (χ1) is 12.7. The number of guanidine groups is 1. The van der Waals surface area contributed by atoms with E-state index in [1.807, 2.05) is 6.26 Å². The van der Waals surface area contributed by atoms with Gasteiger partial charge in [0.25, 0.3) is 0 Å². The molecule has 0 atom stereocenters. The SMILES string of the molecule is CSCCCCNC(=NCc1cccc(C(F)(F)F)c1)NCC(=O)N(C)C.I. The lowest BCUT2D eigenvalue weighted by Crippen LogP contribution is -2.43. The van der Waals surface area contributed by atoms with Crippen LogP contribution in [0.4, 0.5) is 13.2 Å². The molecule has 1 aromatic carbocycles. The molecule has 1 rings (SSSR count). The van der Waals surface area contributed by atoms with Gasteiger partial charge in [0.1, 0.15) is 0 Å². The maximum atomic E-state index is 12.8. The number of halogens is 4. The Balaban J connectivity index is 0.00000729. The summed E-state index contributed by atoms with van der Waals surface area (Å²) >= 11 is 1.77. The van der Waals surface area contributed by atoms with Crippen molar-refractivity contribution in [3.8, 4) is 0 Å². The summed E-state index contributed by atoms with van der Waals surface area (Å²) < 4.78 is 38.4. The van der Waals surface area contributed by atoms with Crippen LogP contribution in [-0.2, 0) is 17.5 Å². The monoisotopic (exact) mass is 532 g/mol. The van der Waals surface area contributed by atoms with Crippen LogP contribution >= 0.6 is 35.7 Å². The van der Waals surface area contributed by atoms with Gasteiger partial charge in [0.15, 0.2) is 5.96 Å². The quantitative estimate of drug-likeness (QED) is 0.221. The molecule has 10 heteroatoms. The lowest BCUT2D eigenvalue weighted by Gasteiger charge is -2.15. The van der Waals surface area contributed by atoms with E-state index < -0.39 is 11.7 Å². The summed E-state index contributed by atoms with van der Waals surface area (Å²) in [5.41, 5.74) is -0.246. The number of nitrogens with one attached hydrogen (secondary N) is 2. The zero-order chi connectivity index (χ0) is 20.3. The van der Waals surface area contributed by atoms with Crippen molar-refractivity contribution in [3.63, 3.8) is 0 Å². The highest BCUT2D eigenvalue weighted by Crippen LogP contribution is 2.29. The van der Waals surface area contributed by atoms with Crippen molar-refractivity contribution in [2.24, 2.45) is 4.99 Å². The van der Waals surface area contributed by atoms with Gasteiger partial charge in [-0.15, -0.1) is 24.0 Å². The van der Waals surface area contributed by atoms with Crippen molar-refractivity contribution in [1.82, 2.24) is 15.5 Å². The number of carbonyl (C=O) groups is 1. The summed E-state index contributed by atoms with van der Waals surface area (Å²) in [4.78, 5) is 17.5. The minimum atomic E-state index is -4.38. The van der Waals surface area contributed by atoms with Gasteiger partial charge >= 0.3 is 6.18 Å². The van der Waals surface area contributed by atoms with Gasteiger partial charge in [-0.2, -0.15) is 24.9 Å². The molecule has 5 nitrogen and oxygen atoms in total. The first kappa shape index (κ1) is 26.8. The zero-order valence-electron chi connectivity index (χ0n) is 16.3. The van der Waals surface area contributed by atoms with Gasteiger partial charge < -0.3 is 15.5 Å². The Bertz CT molecular complexity index is 627. The number of unbranched alkanes of at least 4 members (excludes halogenated alkanes) is 1. The van der Waals surface area contributed by atoms with Gasteiger partial charge in [-0.25, -0.2) is 4.99 Å². The second-order valence-corrected chi connectivity index (χ2v) is 7.12. The van der Waals surface area contributed by atoms with Gasteiger partial charge in [-0.1, -0.05) is 12.1 Å². The number of hydrogen-bond acceptors (Lipinski definition) is 3. The standard InChI is InChI=1S/C18H27F3N4OS.HI/c1-25(2)16(26)13-24-17(22-9-4-5-10-27-3)23-12-14-7-6-8-15(11-14)18(19,20)21;/h6-8,11H,4-5,9-10,12-13H2,1-3H3,(H2,22,23,24);1H. The molecule has 160 valence electrons. The van der Waals surface area contributed by atoms with Crippen molar-refractivity contribution in [2.75, 3.05) is 39.2 Å². The van der Waals surface area contributed by atoms with Crippen molar-refractivity contribution >= 4 is 47.6 Å². The Hall–Kier alpha value is -1.17. The number of thioether (sulfide) groups is 1. The minimum Gasteiger partial charge on any atom is -0.356 e. The molecule has 0 heterocycles. The van der Waals surface area contributed by atoms with E-state index in [1.165, 1.54) is 11.0 Å². The number of aliphatic imine (C=N–C) groups is 1. The zero-order valence-corrected chi connectivity index (χ0v) is 19.5. The highest BCUT2D eigenvalue weighted by atomic mass is 127. The first-order valence-electron chi connectivity index (χ1n) is 8.61. The van der Waals surface area contributed by atoms with Gasteiger partial charge in [0.05, 0.1) is 18.7 Å². The van der Waals surface area contributed by atoms with E-state index in [0.717, 1.165) is 30.7 Å². The van der Waals surface area contributed by atoms with Gasteiger partial charge in [0.2, 0.25) is 5.91 Å². The predicted molar refractivity (Wildman–Crippen MR) is 120 cm³/mol. The maximum Gasteiger partial charge on any atom is 0.416 e. The maximum absolute atomic E-state index is 12.8. The molecular weight excluding hydrogens is 504 g/mol. The summed E-state index contributed by atoms with van der Waals surface area (Å²) in [6.07, 6.45) is -0.350. The van der Waals surface area contributed by atoms with Crippen LogP contribution in [0.5, 0.6) is 0 Å². The first-order valence-corrected chi connectivity index (χ1v) is 10.0. The van der Waals surface area contributed by atoms with E-state index in [2.05, 4.69) is 15.6 Å². The largest absolute Gasteiger partial charge is 0.416 e. The third kappa shape index (κ3) is 11.0. The minimum absolute atomic E-state index is 0. The number of alkyl halides is 3. The van der Waals surface area contributed by atoms with E-state index in [0.29, 0.717) is 18.1 Å². The highest BCUT2D eigenvalue weighted by Gasteiger charge is 2.30. The van der Waals surface area contributed by atoms with E-state index >= 15 is 0 Å². The number of likely N-dealkylation sites (N-methyl/N-ethyl adjacent to an activating group) is 1. The lowest BCUT2D eigenvalue weighted by atomic mass is 10.1. The molecule has 0 aliphatic carbocycles. The molecule has 1 aromatic rings. The topological polar surface area (TPSA) is 56.7 Å². The Morgan fingerprint density at radius 3 is 2.54 bits per heavy atom. The van der Waals surface area contributed by atoms with E-state index in [1.54, 1.807) is 31.9 Å². The van der Waals surface area contributed by atoms with Crippen LogP contribution in [0.25, 0.3) is 0 Å². The van der Waals surface area contributed by atoms with Gasteiger partial charge in [-0.3, -0.25) is 4.79 Å². The molecule has 0 saturated heterocycles. The number of amides is 1. The Morgan fingerprint density at radius 2 is 1.93 bits per heavy atom. The molecule has 28 heavy (non-hydrogen) atoms. The highest BCUT2D eigenvalue weighted by molar-refractivity contribution is 14.0. The van der Waals surface area contributed by atoms with Gasteiger partial charge in [0, 0.05) is 20.6 Å². The third-order valence-electron chi connectivity index (χ3n) is 3.65. The van der Waals surface area contributed by atoms with Crippen LogP contribution in [0.2, 0.25) is 0 Å². The second-order valence-electron chi connectivity index (χ2n) is 6.13. The molecule has 0 radical (unpaired) electrons. The van der Waals surface area contributed by atoms with Crippen molar-refractivity contribution < 1.29 is 18.0 Å². The molecule has 0 aromatic heterocycles. The van der Waals surface area contributed by atoms with Crippen LogP contribution < -0.4 is 10.6 Å². The summed E-state index contributed by atoms with van der Waals surface area (Å²) in [5, 5.41) is 6.05. The fourth-order valence-electron chi connectivity index (χ4n) is 2.09. The third-order valence-corrected chi connectivity index (χ3v) is 4.34. The number of carbonyl (C=O) groups excluding carboxylic acids is 1. The van der Waals surface area contributed by atoms with Crippen LogP contribution in [0.15, 0.2) is 29.3 Å². The number of rotatable bonds is 9. The smallest absolute Gasteiger partial charge is 0.356 e. The van der Waals surface area contributed by atoms with E-state index in [9.17, 15) is 18.0 Å². The van der Waals surface area contributed by atoms with Crippen molar-refractivity contribution in [1.29, 1.82) is 0 Å². The second kappa shape index (κ2) is 13.9. The normalized spacial score (nSPS) is 11.6. The summed E-state index contributed by atoms with van der Waals surface area (Å²) in [6, 6.07) is 5.09. The van der Waals surface area contributed by atoms with Crippen LogP contribution in [0.3, 0.4) is 0 Å². The predicted octanol–water partition coefficient (Wildman–Crippen LogP) is 3.59.